The van der Waals surface area contributed by atoms with E-state index in [1.165, 1.54) is 0 Å². The summed E-state index contributed by atoms with van der Waals surface area (Å²) in [6.45, 7) is 3.91. The molecule has 0 aliphatic heterocycles. The monoisotopic (exact) mass is 299 g/mol. The molecule has 0 aliphatic rings. The van der Waals surface area contributed by atoms with Gasteiger partial charge in [-0.15, -0.1) is 5.11 Å². The predicted octanol–water partition coefficient (Wildman–Crippen LogP) is 5.56. The average molecular weight is 300 g/mol. The molecule has 3 rings (SSSR count). The highest BCUT2D eigenvalue weighted by Crippen LogP contribution is 2.39. The fourth-order valence-electron chi connectivity index (χ4n) is 2.30. The van der Waals surface area contributed by atoms with Crippen molar-refractivity contribution < 1.29 is 5.11 Å². The number of hydrogen-bond acceptors (Lipinski definition) is 3. The van der Waals surface area contributed by atoms with Crippen molar-refractivity contribution >= 4 is 33.9 Å². The van der Waals surface area contributed by atoms with Crippen LogP contribution in [-0.2, 0) is 0 Å². The van der Waals surface area contributed by atoms with Crippen LogP contribution in [0, 0.1) is 13.8 Å². The zero-order valence-electron chi connectivity index (χ0n) is 11.7. The zero-order valence-corrected chi connectivity index (χ0v) is 12.4. The summed E-state index contributed by atoms with van der Waals surface area (Å²) < 4.78 is 0. The van der Waals surface area contributed by atoms with Crippen LogP contribution in [0.3, 0.4) is 0 Å². The Labute approximate surface area is 127 Å². The number of nitrogens with zero attached hydrogens (tertiary/aromatic N) is 2. The molecule has 0 spiro atoms. The number of benzene rings is 2. The minimum absolute atomic E-state index is 0.00762. The Hall–Kier alpha value is -2.33. The first kappa shape index (κ1) is 13.6. The summed E-state index contributed by atoms with van der Waals surface area (Å²) in [5, 5.41) is 19.7. The first-order valence-corrected chi connectivity index (χ1v) is 6.91. The van der Waals surface area contributed by atoms with Crippen molar-refractivity contribution in [3.63, 3.8) is 0 Å². The SMILES string of the molecule is Cc1cccc(N=Nc2c(O)[nH]c3c(C)cc(Cl)cc23)c1. The van der Waals surface area contributed by atoms with Crippen LogP contribution in [0.15, 0.2) is 46.6 Å². The lowest BCUT2D eigenvalue weighted by Crippen LogP contribution is -1.76. The second-order valence-corrected chi connectivity index (χ2v) is 5.44. The van der Waals surface area contributed by atoms with Gasteiger partial charge in [0, 0.05) is 10.4 Å². The van der Waals surface area contributed by atoms with Crippen LogP contribution in [0.4, 0.5) is 11.4 Å². The van der Waals surface area contributed by atoms with Crippen LogP contribution < -0.4 is 0 Å². The van der Waals surface area contributed by atoms with Gasteiger partial charge in [0.15, 0.2) is 5.69 Å². The Morgan fingerprint density at radius 3 is 2.67 bits per heavy atom. The van der Waals surface area contributed by atoms with Gasteiger partial charge in [-0.1, -0.05) is 23.7 Å². The van der Waals surface area contributed by atoms with Crippen LogP contribution in [0.25, 0.3) is 10.9 Å². The maximum Gasteiger partial charge on any atom is 0.218 e. The Bertz CT molecular complexity index is 852. The molecule has 0 radical (unpaired) electrons. The highest BCUT2D eigenvalue weighted by Gasteiger charge is 2.13. The molecule has 4 nitrogen and oxygen atoms in total. The Morgan fingerprint density at radius 1 is 1.10 bits per heavy atom. The molecular weight excluding hydrogens is 286 g/mol. The summed E-state index contributed by atoms with van der Waals surface area (Å²) in [7, 11) is 0. The van der Waals surface area contributed by atoms with Gasteiger partial charge in [-0.3, -0.25) is 0 Å². The summed E-state index contributed by atoms with van der Waals surface area (Å²) in [4.78, 5) is 2.91. The Kier molecular flexibility index (Phi) is 3.39. The van der Waals surface area contributed by atoms with Gasteiger partial charge in [-0.2, -0.15) is 5.11 Å². The van der Waals surface area contributed by atoms with Crippen molar-refractivity contribution in [1.29, 1.82) is 0 Å². The fraction of sp³-hybridized carbons (Fsp3) is 0.125. The zero-order chi connectivity index (χ0) is 15.0. The van der Waals surface area contributed by atoms with Crippen LogP contribution in [0.2, 0.25) is 5.02 Å². The van der Waals surface area contributed by atoms with E-state index in [9.17, 15) is 5.11 Å². The molecule has 21 heavy (non-hydrogen) atoms. The van der Waals surface area contributed by atoms with Gasteiger partial charge >= 0.3 is 0 Å². The summed E-state index contributed by atoms with van der Waals surface area (Å²) in [5.41, 5.74) is 4.01. The number of azo groups is 1. The molecule has 2 N–H and O–H groups in total. The Morgan fingerprint density at radius 2 is 1.90 bits per heavy atom. The van der Waals surface area contributed by atoms with E-state index in [1.807, 2.05) is 44.2 Å². The van der Waals surface area contributed by atoms with Crippen molar-refractivity contribution in [3.8, 4) is 5.88 Å². The van der Waals surface area contributed by atoms with E-state index in [0.29, 0.717) is 10.7 Å². The minimum Gasteiger partial charge on any atom is -0.493 e. The number of rotatable bonds is 2. The lowest BCUT2D eigenvalue weighted by molar-refractivity contribution is 0.459. The van der Waals surface area contributed by atoms with Crippen molar-refractivity contribution in [3.05, 3.63) is 52.5 Å². The van der Waals surface area contributed by atoms with Gasteiger partial charge in [0.1, 0.15) is 0 Å². The molecule has 2 aromatic carbocycles. The molecule has 3 aromatic rings. The van der Waals surface area contributed by atoms with Crippen molar-refractivity contribution in [2.75, 3.05) is 0 Å². The highest BCUT2D eigenvalue weighted by molar-refractivity contribution is 6.31. The van der Waals surface area contributed by atoms with E-state index in [0.717, 1.165) is 27.7 Å². The molecule has 106 valence electrons. The number of aromatic nitrogens is 1. The normalized spacial score (nSPS) is 11.6. The third-order valence-electron chi connectivity index (χ3n) is 3.29. The van der Waals surface area contributed by atoms with Crippen molar-refractivity contribution in [1.82, 2.24) is 4.98 Å². The lowest BCUT2D eigenvalue weighted by Gasteiger charge is -1.98. The number of aromatic amines is 1. The molecule has 0 saturated carbocycles. The molecule has 0 unspecified atom stereocenters. The highest BCUT2D eigenvalue weighted by atomic mass is 35.5. The molecule has 0 atom stereocenters. The van der Waals surface area contributed by atoms with E-state index in [-0.39, 0.29) is 5.88 Å². The van der Waals surface area contributed by atoms with Gasteiger partial charge in [0.25, 0.3) is 0 Å². The Balaban J connectivity index is 2.10. The summed E-state index contributed by atoms with van der Waals surface area (Å²) in [5.74, 6) is -0.00762. The predicted molar refractivity (Wildman–Crippen MR) is 85.1 cm³/mol. The number of nitrogens with one attached hydrogen (secondary N) is 1. The van der Waals surface area contributed by atoms with Gasteiger partial charge in [-0.05, 0) is 49.2 Å². The number of halogens is 1. The second-order valence-electron chi connectivity index (χ2n) is 5.01. The topological polar surface area (TPSA) is 60.7 Å². The second kappa shape index (κ2) is 5.22. The van der Waals surface area contributed by atoms with E-state index >= 15 is 0 Å². The van der Waals surface area contributed by atoms with E-state index in [1.54, 1.807) is 6.07 Å². The third kappa shape index (κ3) is 2.62. The van der Waals surface area contributed by atoms with Crippen LogP contribution >= 0.6 is 11.6 Å². The molecule has 0 amide bonds. The lowest BCUT2D eigenvalue weighted by atomic mass is 10.1. The molecule has 0 fully saturated rings. The van der Waals surface area contributed by atoms with E-state index in [4.69, 9.17) is 11.6 Å². The third-order valence-corrected chi connectivity index (χ3v) is 3.51. The van der Waals surface area contributed by atoms with Crippen molar-refractivity contribution in [2.45, 2.75) is 13.8 Å². The van der Waals surface area contributed by atoms with Gasteiger partial charge in [0.05, 0.1) is 11.2 Å². The van der Waals surface area contributed by atoms with E-state index < -0.39 is 0 Å². The van der Waals surface area contributed by atoms with Crippen LogP contribution in [0.1, 0.15) is 11.1 Å². The maximum atomic E-state index is 10.0. The minimum atomic E-state index is -0.00762. The molecular formula is C16H14ClN3O. The molecule has 5 heteroatoms. The largest absolute Gasteiger partial charge is 0.493 e. The molecule has 1 heterocycles. The standard InChI is InChI=1S/C16H14ClN3O/c1-9-4-3-5-12(6-9)19-20-15-13-8-11(17)7-10(2)14(13)18-16(15)21/h3-8,18,21H,1-2H3. The average Bonchev–Trinajstić information content (AvgIpc) is 2.73. The van der Waals surface area contributed by atoms with Crippen LogP contribution in [-0.4, -0.2) is 10.1 Å². The number of aromatic hydroxyl groups is 1. The summed E-state index contributed by atoms with van der Waals surface area (Å²) in [6.07, 6.45) is 0. The molecule has 0 bridgehead atoms. The fourth-order valence-corrected chi connectivity index (χ4v) is 2.57. The number of hydrogen-bond donors (Lipinski definition) is 2. The van der Waals surface area contributed by atoms with Crippen LogP contribution in [0.5, 0.6) is 5.88 Å². The summed E-state index contributed by atoms with van der Waals surface area (Å²) in [6, 6.07) is 11.3. The van der Waals surface area contributed by atoms with Crippen molar-refractivity contribution in [2.24, 2.45) is 10.2 Å². The van der Waals surface area contributed by atoms with E-state index in [2.05, 4.69) is 15.2 Å². The quantitative estimate of drug-likeness (QED) is 0.598. The molecule has 0 aliphatic carbocycles. The first-order valence-electron chi connectivity index (χ1n) is 6.54. The number of aryl methyl sites for hydroxylation is 2. The smallest absolute Gasteiger partial charge is 0.218 e. The first-order chi connectivity index (χ1) is 10.0. The van der Waals surface area contributed by atoms with Gasteiger partial charge < -0.3 is 10.1 Å². The maximum absolute atomic E-state index is 10.0. The number of H-pyrrole nitrogens is 1. The number of fused-ring (bicyclic) bond motifs is 1. The van der Waals surface area contributed by atoms with Gasteiger partial charge in [-0.25, -0.2) is 0 Å². The molecule has 1 aromatic heterocycles. The molecule has 0 saturated heterocycles. The summed E-state index contributed by atoms with van der Waals surface area (Å²) >= 11 is 6.08. The van der Waals surface area contributed by atoms with Gasteiger partial charge in [0.2, 0.25) is 5.88 Å².